The highest BCUT2D eigenvalue weighted by Gasteiger charge is 2.30. The van der Waals surface area contributed by atoms with Crippen LogP contribution in [0.2, 0.25) is 0 Å². The Hall–Kier alpha value is -1.46. The Bertz CT molecular complexity index is 663. The molecule has 0 aliphatic rings. The number of thiophene rings is 1. The van der Waals surface area contributed by atoms with Gasteiger partial charge >= 0.3 is 0 Å². The molecule has 1 amide bonds. The van der Waals surface area contributed by atoms with Crippen LogP contribution in [0, 0.1) is 12.7 Å². The number of rotatable bonds is 3. The highest BCUT2D eigenvalue weighted by Crippen LogP contribution is 2.34. The SMILES string of the molecule is Cc1c(C(=O)N(C)C(C)(C)CO)sc2cccc(F)c12. The minimum Gasteiger partial charge on any atom is -0.394 e. The van der Waals surface area contributed by atoms with Crippen LogP contribution in [0.3, 0.4) is 0 Å². The monoisotopic (exact) mass is 295 g/mol. The van der Waals surface area contributed by atoms with Gasteiger partial charge in [-0.05, 0) is 38.5 Å². The molecule has 3 nitrogen and oxygen atoms in total. The van der Waals surface area contributed by atoms with E-state index >= 15 is 0 Å². The third-order valence-electron chi connectivity index (χ3n) is 3.70. The maximum Gasteiger partial charge on any atom is 0.264 e. The molecule has 0 radical (unpaired) electrons. The zero-order valence-corrected chi connectivity index (χ0v) is 12.8. The van der Waals surface area contributed by atoms with Crippen molar-refractivity contribution in [1.29, 1.82) is 0 Å². The largest absolute Gasteiger partial charge is 0.394 e. The van der Waals surface area contributed by atoms with Crippen molar-refractivity contribution in [3.8, 4) is 0 Å². The summed E-state index contributed by atoms with van der Waals surface area (Å²) in [5.74, 6) is -0.499. The number of carbonyl (C=O) groups is 1. The van der Waals surface area contributed by atoms with Gasteiger partial charge in [-0.3, -0.25) is 4.79 Å². The fourth-order valence-corrected chi connectivity index (χ4v) is 3.19. The van der Waals surface area contributed by atoms with Crippen LogP contribution in [0.5, 0.6) is 0 Å². The van der Waals surface area contributed by atoms with E-state index < -0.39 is 5.54 Å². The number of aliphatic hydroxyl groups excluding tert-OH is 1. The smallest absolute Gasteiger partial charge is 0.264 e. The molecule has 1 aromatic heterocycles. The second-order valence-electron chi connectivity index (χ2n) is 5.50. The van der Waals surface area contributed by atoms with E-state index in [-0.39, 0.29) is 18.3 Å². The molecule has 108 valence electrons. The Kier molecular flexibility index (Phi) is 3.84. The van der Waals surface area contributed by atoms with Gasteiger partial charge in [0, 0.05) is 17.1 Å². The Morgan fingerprint density at radius 1 is 1.45 bits per heavy atom. The summed E-state index contributed by atoms with van der Waals surface area (Å²) in [6.07, 6.45) is 0. The standard InChI is InChI=1S/C15H18FNO2S/c1-9-12-10(16)6-5-7-11(12)20-13(9)14(19)17(4)15(2,3)8-18/h5-7,18H,8H2,1-4H3. The van der Waals surface area contributed by atoms with Crippen molar-refractivity contribution in [2.75, 3.05) is 13.7 Å². The minimum absolute atomic E-state index is 0.131. The summed E-state index contributed by atoms with van der Waals surface area (Å²) in [6.45, 7) is 5.20. The van der Waals surface area contributed by atoms with Crippen LogP contribution in [-0.2, 0) is 0 Å². The van der Waals surface area contributed by atoms with E-state index in [2.05, 4.69) is 0 Å². The minimum atomic E-state index is -0.655. The topological polar surface area (TPSA) is 40.5 Å². The summed E-state index contributed by atoms with van der Waals surface area (Å²) >= 11 is 1.29. The lowest BCUT2D eigenvalue weighted by atomic mass is 10.0. The van der Waals surface area contributed by atoms with Gasteiger partial charge in [-0.2, -0.15) is 0 Å². The zero-order valence-electron chi connectivity index (χ0n) is 12.0. The molecule has 2 rings (SSSR count). The van der Waals surface area contributed by atoms with E-state index in [9.17, 15) is 14.3 Å². The van der Waals surface area contributed by atoms with E-state index in [1.54, 1.807) is 33.9 Å². The van der Waals surface area contributed by atoms with Crippen LogP contribution >= 0.6 is 11.3 Å². The predicted molar refractivity (Wildman–Crippen MR) is 79.8 cm³/mol. The molecule has 0 saturated carbocycles. The van der Waals surface area contributed by atoms with Crippen molar-refractivity contribution in [3.63, 3.8) is 0 Å². The van der Waals surface area contributed by atoms with Gasteiger partial charge in [0.05, 0.1) is 17.0 Å². The van der Waals surface area contributed by atoms with Crippen LogP contribution in [0.4, 0.5) is 4.39 Å². The maximum atomic E-state index is 13.9. The number of nitrogens with zero attached hydrogens (tertiary/aromatic N) is 1. The van der Waals surface area contributed by atoms with E-state index in [1.807, 2.05) is 6.07 Å². The Morgan fingerprint density at radius 3 is 2.65 bits per heavy atom. The molecule has 0 aliphatic heterocycles. The Labute approximate surface area is 121 Å². The molecule has 1 aromatic carbocycles. The zero-order chi connectivity index (χ0) is 15.1. The Balaban J connectivity index is 2.51. The van der Waals surface area contributed by atoms with Gasteiger partial charge in [0.1, 0.15) is 5.82 Å². The van der Waals surface area contributed by atoms with Gasteiger partial charge < -0.3 is 10.0 Å². The number of carbonyl (C=O) groups excluding carboxylic acids is 1. The third kappa shape index (κ3) is 2.31. The van der Waals surface area contributed by atoms with Crippen molar-refractivity contribution in [3.05, 3.63) is 34.5 Å². The summed E-state index contributed by atoms with van der Waals surface area (Å²) < 4.78 is 14.6. The van der Waals surface area contributed by atoms with Crippen LogP contribution in [0.25, 0.3) is 10.1 Å². The molecule has 20 heavy (non-hydrogen) atoms. The number of fused-ring (bicyclic) bond motifs is 1. The summed E-state index contributed by atoms with van der Waals surface area (Å²) in [7, 11) is 1.65. The average Bonchev–Trinajstić information content (AvgIpc) is 2.75. The van der Waals surface area contributed by atoms with E-state index in [0.717, 1.165) is 4.70 Å². The first kappa shape index (κ1) is 14.9. The molecular weight excluding hydrogens is 277 g/mol. The molecule has 0 atom stereocenters. The fourth-order valence-electron chi connectivity index (χ4n) is 1.99. The van der Waals surface area contributed by atoms with Gasteiger partial charge in [0.15, 0.2) is 0 Å². The predicted octanol–water partition coefficient (Wildman–Crippen LogP) is 3.19. The highest BCUT2D eigenvalue weighted by atomic mass is 32.1. The van der Waals surface area contributed by atoms with E-state index in [1.165, 1.54) is 22.3 Å². The van der Waals surface area contributed by atoms with Crippen molar-refractivity contribution in [1.82, 2.24) is 4.90 Å². The quantitative estimate of drug-likeness (QED) is 0.944. The molecule has 0 fully saturated rings. The first-order valence-electron chi connectivity index (χ1n) is 6.36. The number of amides is 1. The number of hydrogen-bond acceptors (Lipinski definition) is 3. The number of hydrogen-bond donors (Lipinski definition) is 1. The molecular formula is C15H18FNO2S. The molecule has 0 unspecified atom stereocenters. The molecule has 0 bridgehead atoms. The summed E-state index contributed by atoms with van der Waals surface area (Å²) in [5, 5.41) is 9.87. The molecule has 1 N–H and O–H groups in total. The maximum absolute atomic E-state index is 13.9. The fraction of sp³-hybridized carbons (Fsp3) is 0.400. The third-order valence-corrected chi connectivity index (χ3v) is 4.94. The number of benzene rings is 1. The van der Waals surface area contributed by atoms with Crippen molar-refractivity contribution in [2.24, 2.45) is 0 Å². The molecule has 0 saturated heterocycles. The van der Waals surface area contributed by atoms with Gasteiger partial charge in [0.2, 0.25) is 0 Å². The van der Waals surface area contributed by atoms with Crippen molar-refractivity contribution in [2.45, 2.75) is 26.3 Å². The molecule has 5 heteroatoms. The number of likely N-dealkylation sites (N-methyl/N-ethyl adjacent to an activating group) is 1. The molecule has 0 aliphatic carbocycles. The van der Waals surface area contributed by atoms with Crippen molar-refractivity contribution >= 4 is 27.3 Å². The Morgan fingerprint density at radius 2 is 2.10 bits per heavy atom. The van der Waals surface area contributed by atoms with Crippen LogP contribution < -0.4 is 0 Å². The highest BCUT2D eigenvalue weighted by molar-refractivity contribution is 7.21. The second kappa shape index (κ2) is 5.14. The summed E-state index contributed by atoms with van der Waals surface area (Å²) in [5.41, 5.74) is 0.00630. The molecule has 1 heterocycles. The first-order chi connectivity index (χ1) is 9.29. The van der Waals surface area contributed by atoms with Crippen LogP contribution in [-0.4, -0.2) is 35.1 Å². The first-order valence-corrected chi connectivity index (χ1v) is 7.18. The van der Waals surface area contributed by atoms with Gasteiger partial charge in [-0.1, -0.05) is 6.07 Å². The number of aryl methyl sites for hydroxylation is 1. The van der Waals surface area contributed by atoms with Crippen LogP contribution in [0.15, 0.2) is 18.2 Å². The lowest BCUT2D eigenvalue weighted by Crippen LogP contribution is -2.47. The lowest BCUT2D eigenvalue weighted by molar-refractivity contribution is 0.0477. The number of aliphatic hydroxyl groups is 1. The summed E-state index contributed by atoms with van der Waals surface area (Å²) in [6, 6.07) is 4.85. The average molecular weight is 295 g/mol. The van der Waals surface area contributed by atoms with Crippen molar-refractivity contribution < 1.29 is 14.3 Å². The second-order valence-corrected chi connectivity index (χ2v) is 6.56. The molecule has 2 aromatic rings. The van der Waals surface area contributed by atoms with Gasteiger partial charge in [-0.15, -0.1) is 11.3 Å². The number of halogens is 1. The lowest BCUT2D eigenvalue weighted by Gasteiger charge is -2.33. The van der Waals surface area contributed by atoms with E-state index in [0.29, 0.717) is 15.8 Å². The van der Waals surface area contributed by atoms with Gasteiger partial charge in [-0.25, -0.2) is 4.39 Å². The van der Waals surface area contributed by atoms with Crippen LogP contribution in [0.1, 0.15) is 29.1 Å². The van der Waals surface area contributed by atoms with E-state index in [4.69, 9.17) is 0 Å². The van der Waals surface area contributed by atoms with Gasteiger partial charge in [0.25, 0.3) is 5.91 Å². The normalized spacial score (nSPS) is 11.9. The molecule has 0 spiro atoms. The summed E-state index contributed by atoms with van der Waals surface area (Å²) in [4.78, 5) is 14.6.